The largest absolute Gasteiger partial charge is 0.449 e. The fourth-order valence-electron chi connectivity index (χ4n) is 2.92. The standard InChI is InChI=1S/C20H17F3N8O3/c1-11-4-12(8-25)6-14(5-11)34-16-17(20(21,22)23)27-10-30(19(16)33)9-13-7-15(18(32)29-28-13)31(26)3-2-24/h2-7,10H,9,24,26H2,1H3,(H,29,32)/b3-2-. The van der Waals surface area contributed by atoms with Crippen molar-refractivity contribution in [2.45, 2.75) is 19.6 Å². The van der Waals surface area contributed by atoms with Gasteiger partial charge in [-0.15, -0.1) is 0 Å². The first-order valence-corrected chi connectivity index (χ1v) is 9.40. The first-order valence-electron chi connectivity index (χ1n) is 9.40. The maximum atomic E-state index is 13.5. The molecule has 176 valence electrons. The number of aromatic amines is 1. The number of hydrogen-bond acceptors (Lipinski definition) is 9. The second-order valence-corrected chi connectivity index (χ2v) is 6.92. The number of halogens is 3. The van der Waals surface area contributed by atoms with Crippen molar-refractivity contribution in [1.29, 1.82) is 5.26 Å². The van der Waals surface area contributed by atoms with Crippen molar-refractivity contribution in [3.63, 3.8) is 0 Å². The minimum absolute atomic E-state index is 0.0763. The van der Waals surface area contributed by atoms with E-state index in [1.165, 1.54) is 30.5 Å². The Morgan fingerprint density at radius 3 is 2.68 bits per heavy atom. The number of nitrogens with one attached hydrogen (secondary N) is 1. The van der Waals surface area contributed by atoms with Crippen LogP contribution >= 0.6 is 0 Å². The lowest BCUT2D eigenvalue weighted by Crippen LogP contribution is -2.32. The molecule has 0 unspecified atom stereocenters. The number of anilines is 1. The summed E-state index contributed by atoms with van der Waals surface area (Å²) in [4.78, 5) is 28.2. The van der Waals surface area contributed by atoms with E-state index in [1.54, 1.807) is 6.92 Å². The summed E-state index contributed by atoms with van der Waals surface area (Å²) in [6.07, 6.45) is -2.05. The molecule has 2 aromatic heterocycles. The number of alkyl halides is 3. The van der Waals surface area contributed by atoms with Crippen molar-refractivity contribution in [3.8, 4) is 17.6 Å². The lowest BCUT2D eigenvalue weighted by Gasteiger charge is -2.15. The molecule has 1 aromatic carbocycles. The summed E-state index contributed by atoms with van der Waals surface area (Å²) in [5.74, 6) is 4.46. The molecule has 0 saturated heterocycles. The number of H-pyrrole nitrogens is 1. The SMILES string of the molecule is Cc1cc(C#N)cc(Oc2c(C(F)(F)F)ncn(Cc3cc(N(N)/C=C\N)c(=O)[nH]n3)c2=O)c1. The van der Waals surface area contributed by atoms with Gasteiger partial charge >= 0.3 is 6.18 Å². The number of nitriles is 1. The van der Waals surface area contributed by atoms with Gasteiger partial charge in [-0.1, -0.05) is 0 Å². The average Bonchev–Trinajstić information content (AvgIpc) is 2.76. The third-order valence-electron chi connectivity index (χ3n) is 4.36. The van der Waals surface area contributed by atoms with Gasteiger partial charge in [0.2, 0.25) is 5.75 Å². The molecule has 0 atom stereocenters. The maximum Gasteiger partial charge on any atom is 0.437 e. The first kappa shape index (κ1) is 24.0. The second kappa shape index (κ2) is 9.46. The zero-order valence-electron chi connectivity index (χ0n) is 17.5. The maximum absolute atomic E-state index is 13.5. The van der Waals surface area contributed by atoms with Gasteiger partial charge < -0.3 is 10.5 Å². The number of benzene rings is 1. The Hall–Kier alpha value is -4.64. The lowest BCUT2D eigenvalue weighted by atomic mass is 10.1. The fourth-order valence-corrected chi connectivity index (χ4v) is 2.92. The summed E-state index contributed by atoms with van der Waals surface area (Å²) in [7, 11) is 0. The van der Waals surface area contributed by atoms with E-state index in [1.807, 2.05) is 6.07 Å². The van der Waals surface area contributed by atoms with Crippen LogP contribution < -0.4 is 32.4 Å². The predicted octanol–water partition coefficient (Wildman–Crippen LogP) is 1.48. The Labute approximate surface area is 189 Å². The molecule has 0 aliphatic carbocycles. The zero-order chi connectivity index (χ0) is 25.0. The summed E-state index contributed by atoms with van der Waals surface area (Å²) in [5.41, 5.74) is 2.54. The highest BCUT2D eigenvalue weighted by Gasteiger charge is 2.38. The number of nitrogens with zero attached hydrogens (tertiary/aromatic N) is 5. The molecule has 0 radical (unpaired) electrons. The van der Waals surface area contributed by atoms with Crippen LogP contribution in [0.3, 0.4) is 0 Å². The highest BCUT2D eigenvalue weighted by Crippen LogP contribution is 2.34. The molecule has 2 heterocycles. The third kappa shape index (κ3) is 5.22. The molecule has 0 fully saturated rings. The predicted molar refractivity (Wildman–Crippen MR) is 113 cm³/mol. The van der Waals surface area contributed by atoms with E-state index in [9.17, 15) is 22.8 Å². The number of hydrazine groups is 1. The van der Waals surface area contributed by atoms with Crippen LogP contribution in [0.2, 0.25) is 0 Å². The van der Waals surface area contributed by atoms with E-state index in [2.05, 4.69) is 15.2 Å². The van der Waals surface area contributed by atoms with Gasteiger partial charge in [0.25, 0.3) is 11.1 Å². The van der Waals surface area contributed by atoms with Crippen LogP contribution in [0.5, 0.6) is 11.5 Å². The number of aryl methyl sites for hydroxylation is 1. The summed E-state index contributed by atoms with van der Waals surface area (Å²) in [5, 5.41) is 15.9. The van der Waals surface area contributed by atoms with Crippen LogP contribution in [0.25, 0.3) is 0 Å². The van der Waals surface area contributed by atoms with Crippen molar-refractivity contribution in [2.24, 2.45) is 11.6 Å². The number of rotatable bonds is 6. The molecule has 0 aliphatic heterocycles. The average molecular weight is 474 g/mol. The van der Waals surface area contributed by atoms with Crippen LogP contribution in [0, 0.1) is 18.3 Å². The van der Waals surface area contributed by atoms with Crippen LogP contribution in [-0.4, -0.2) is 19.7 Å². The lowest BCUT2D eigenvalue weighted by molar-refractivity contribution is -0.142. The molecule has 3 aromatic rings. The van der Waals surface area contributed by atoms with E-state index < -0.39 is 28.7 Å². The van der Waals surface area contributed by atoms with E-state index >= 15 is 0 Å². The Morgan fingerprint density at radius 1 is 1.29 bits per heavy atom. The van der Waals surface area contributed by atoms with Gasteiger partial charge in [0.05, 0.1) is 30.2 Å². The number of ether oxygens (including phenoxy) is 1. The molecule has 14 heteroatoms. The second-order valence-electron chi connectivity index (χ2n) is 6.92. The van der Waals surface area contributed by atoms with Crippen LogP contribution in [-0.2, 0) is 12.7 Å². The number of nitrogens with two attached hydrogens (primary N) is 2. The minimum Gasteiger partial charge on any atom is -0.449 e. The molecule has 5 N–H and O–H groups in total. The third-order valence-corrected chi connectivity index (χ3v) is 4.36. The Morgan fingerprint density at radius 2 is 2.03 bits per heavy atom. The molecular formula is C20H17F3N8O3. The van der Waals surface area contributed by atoms with Gasteiger partial charge in [0, 0.05) is 12.4 Å². The minimum atomic E-state index is -4.99. The topological polar surface area (TPSA) is 169 Å². The zero-order valence-corrected chi connectivity index (χ0v) is 17.5. The summed E-state index contributed by atoms with van der Waals surface area (Å²) in [6.45, 7) is 1.24. The monoisotopic (exact) mass is 474 g/mol. The molecule has 0 amide bonds. The van der Waals surface area contributed by atoms with Gasteiger partial charge in [-0.2, -0.15) is 23.5 Å². The Bertz CT molecular complexity index is 1410. The molecule has 34 heavy (non-hydrogen) atoms. The molecule has 3 rings (SSSR count). The normalized spacial score (nSPS) is 11.4. The molecule has 11 nitrogen and oxygen atoms in total. The van der Waals surface area contributed by atoms with Gasteiger partial charge in [-0.05, 0) is 36.8 Å². The molecule has 0 aliphatic rings. The summed E-state index contributed by atoms with van der Waals surface area (Å²) in [6, 6.07) is 7.15. The Balaban J connectivity index is 2.07. The Kier molecular flexibility index (Phi) is 6.68. The molecule has 0 bridgehead atoms. The summed E-state index contributed by atoms with van der Waals surface area (Å²) < 4.78 is 46.7. The van der Waals surface area contributed by atoms with Crippen LogP contribution in [0.4, 0.5) is 18.9 Å². The van der Waals surface area contributed by atoms with Crippen LogP contribution in [0.1, 0.15) is 22.5 Å². The molecular weight excluding hydrogens is 457 g/mol. The summed E-state index contributed by atoms with van der Waals surface area (Å²) >= 11 is 0. The van der Waals surface area contributed by atoms with Gasteiger partial charge in [-0.3, -0.25) is 19.2 Å². The van der Waals surface area contributed by atoms with Gasteiger partial charge in [0.1, 0.15) is 11.4 Å². The van der Waals surface area contributed by atoms with Crippen LogP contribution in [0.15, 0.2) is 52.6 Å². The molecule has 0 saturated carbocycles. The van der Waals surface area contributed by atoms with Gasteiger partial charge in [-0.25, -0.2) is 15.9 Å². The van der Waals surface area contributed by atoms with Crippen molar-refractivity contribution >= 4 is 5.69 Å². The highest BCUT2D eigenvalue weighted by molar-refractivity contribution is 5.46. The van der Waals surface area contributed by atoms with Crippen molar-refractivity contribution in [1.82, 2.24) is 19.7 Å². The van der Waals surface area contributed by atoms with Crippen molar-refractivity contribution < 1.29 is 17.9 Å². The van der Waals surface area contributed by atoms with Gasteiger partial charge in [0.15, 0.2) is 5.69 Å². The van der Waals surface area contributed by atoms with E-state index in [0.717, 1.165) is 15.8 Å². The quantitative estimate of drug-likeness (QED) is 0.354. The van der Waals surface area contributed by atoms with E-state index in [4.69, 9.17) is 21.6 Å². The number of aromatic nitrogens is 4. The smallest absolute Gasteiger partial charge is 0.437 e. The highest BCUT2D eigenvalue weighted by atomic mass is 19.4. The fraction of sp³-hybridized carbons (Fsp3) is 0.150. The van der Waals surface area contributed by atoms with E-state index in [0.29, 0.717) is 11.9 Å². The van der Waals surface area contributed by atoms with E-state index in [-0.39, 0.29) is 29.2 Å². The van der Waals surface area contributed by atoms with Crippen molar-refractivity contribution in [2.75, 3.05) is 5.01 Å². The first-order chi connectivity index (χ1) is 16.0. The van der Waals surface area contributed by atoms with Crippen molar-refractivity contribution in [3.05, 3.63) is 86.2 Å². The number of hydrogen-bond donors (Lipinski definition) is 3. The molecule has 0 spiro atoms.